The molecule has 24 heavy (non-hydrogen) atoms. The average molecular weight is 323 g/mol. The van der Waals surface area contributed by atoms with Crippen LogP contribution in [0.5, 0.6) is 0 Å². The highest BCUT2D eigenvalue weighted by molar-refractivity contribution is 5.69. The zero-order valence-electron chi connectivity index (χ0n) is 14.7. The van der Waals surface area contributed by atoms with E-state index in [-0.39, 0.29) is 6.04 Å². The number of amides is 1. The number of nitrogens with one attached hydrogen (secondary N) is 1. The molecular weight excluding hydrogens is 298 g/mol. The molecular formula is C21H25NO2. The van der Waals surface area contributed by atoms with Gasteiger partial charge in [-0.1, -0.05) is 66.7 Å². The topological polar surface area (TPSA) is 38.3 Å². The van der Waals surface area contributed by atoms with E-state index in [1.165, 1.54) is 0 Å². The third-order valence-corrected chi connectivity index (χ3v) is 3.48. The molecule has 0 aliphatic carbocycles. The van der Waals surface area contributed by atoms with Gasteiger partial charge < -0.3 is 10.1 Å². The molecule has 0 saturated carbocycles. The van der Waals surface area contributed by atoms with E-state index in [1.807, 2.05) is 94.4 Å². The number of hydrogen-bond acceptors (Lipinski definition) is 2. The second-order valence-electron chi connectivity index (χ2n) is 6.75. The minimum Gasteiger partial charge on any atom is -0.444 e. The van der Waals surface area contributed by atoms with Gasteiger partial charge >= 0.3 is 6.09 Å². The van der Waals surface area contributed by atoms with Crippen molar-refractivity contribution >= 4 is 12.2 Å². The lowest BCUT2D eigenvalue weighted by Crippen LogP contribution is -2.34. The Kier molecular flexibility index (Phi) is 5.80. The van der Waals surface area contributed by atoms with Crippen LogP contribution >= 0.6 is 0 Å². The van der Waals surface area contributed by atoms with Gasteiger partial charge in [0.2, 0.25) is 0 Å². The lowest BCUT2D eigenvalue weighted by Gasteiger charge is -2.23. The van der Waals surface area contributed by atoms with Gasteiger partial charge in [0.25, 0.3) is 0 Å². The van der Waals surface area contributed by atoms with Crippen molar-refractivity contribution in [1.29, 1.82) is 0 Å². The SMILES string of the molecule is Cc1ccccc1[C@@H](/C=C/c1ccccc1)NC(=O)OC(C)(C)C. The fourth-order valence-electron chi connectivity index (χ4n) is 2.37. The number of ether oxygens (including phenoxy) is 1. The highest BCUT2D eigenvalue weighted by atomic mass is 16.6. The van der Waals surface area contributed by atoms with Gasteiger partial charge in [0, 0.05) is 0 Å². The van der Waals surface area contributed by atoms with Crippen LogP contribution < -0.4 is 5.32 Å². The second kappa shape index (κ2) is 7.82. The first-order chi connectivity index (χ1) is 11.3. The van der Waals surface area contributed by atoms with Gasteiger partial charge in [-0.25, -0.2) is 4.79 Å². The van der Waals surface area contributed by atoms with Gasteiger partial charge in [0.05, 0.1) is 6.04 Å². The molecule has 1 atom stereocenters. The molecule has 0 fully saturated rings. The Morgan fingerprint density at radius 1 is 1.04 bits per heavy atom. The number of benzene rings is 2. The monoisotopic (exact) mass is 323 g/mol. The smallest absolute Gasteiger partial charge is 0.408 e. The molecule has 2 aromatic carbocycles. The molecule has 0 saturated heterocycles. The Bertz CT molecular complexity index is 699. The Morgan fingerprint density at radius 3 is 2.29 bits per heavy atom. The van der Waals surface area contributed by atoms with E-state index in [1.54, 1.807) is 0 Å². The summed E-state index contributed by atoms with van der Waals surface area (Å²) in [5.41, 5.74) is 2.73. The first-order valence-corrected chi connectivity index (χ1v) is 8.13. The van der Waals surface area contributed by atoms with Crippen LogP contribution in [-0.4, -0.2) is 11.7 Å². The van der Waals surface area contributed by atoms with E-state index in [0.717, 1.165) is 16.7 Å². The summed E-state index contributed by atoms with van der Waals surface area (Å²) in [6, 6.07) is 17.8. The molecule has 3 nitrogen and oxygen atoms in total. The summed E-state index contributed by atoms with van der Waals surface area (Å²) in [7, 11) is 0. The molecule has 1 amide bonds. The maximum atomic E-state index is 12.2. The van der Waals surface area contributed by atoms with Crippen molar-refractivity contribution in [2.75, 3.05) is 0 Å². The largest absolute Gasteiger partial charge is 0.444 e. The highest BCUT2D eigenvalue weighted by Crippen LogP contribution is 2.21. The number of hydrogen-bond donors (Lipinski definition) is 1. The van der Waals surface area contributed by atoms with Crippen LogP contribution in [0.25, 0.3) is 6.08 Å². The average Bonchev–Trinajstić information content (AvgIpc) is 2.51. The van der Waals surface area contributed by atoms with Crippen molar-refractivity contribution in [2.24, 2.45) is 0 Å². The second-order valence-corrected chi connectivity index (χ2v) is 6.75. The standard InChI is InChI=1S/C21H25NO2/c1-16-10-8-9-13-18(16)19(22-20(23)24-21(2,3)4)15-14-17-11-6-5-7-12-17/h5-15,19H,1-4H3,(H,22,23)/b15-14+/t19-/m1/s1. The van der Waals surface area contributed by atoms with Crippen molar-refractivity contribution in [3.05, 3.63) is 77.4 Å². The third-order valence-electron chi connectivity index (χ3n) is 3.48. The summed E-state index contributed by atoms with van der Waals surface area (Å²) in [6.45, 7) is 7.61. The zero-order chi connectivity index (χ0) is 17.6. The molecule has 0 aliphatic heterocycles. The minimum absolute atomic E-state index is 0.249. The molecule has 3 heteroatoms. The van der Waals surface area contributed by atoms with Crippen LogP contribution in [0.4, 0.5) is 4.79 Å². The van der Waals surface area contributed by atoms with Gasteiger partial charge in [0.15, 0.2) is 0 Å². The summed E-state index contributed by atoms with van der Waals surface area (Å²) < 4.78 is 5.40. The van der Waals surface area contributed by atoms with Crippen LogP contribution in [0.1, 0.15) is 43.5 Å². The quantitative estimate of drug-likeness (QED) is 0.832. The first-order valence-electron chi connectivity index (χ1n) is 8.13. The van der Waals surface area contributed by atoms with E-state index in [4.69, 9.17) is 4.74 Å². The van der Waals surface area contributed by atoms with Crippen molar-refractivity contribution < 1.29 is 9.53 Å². The maximum absolute atomic E-state index is 12.2. The summed E-state index contributed by atoms with van der Waals surface area (Å²) in [6.07, 6.45) is 3.57. The van der Waals surface area contributed by atoms with Crippen LogP contribution in [0, 0.1) is 6.92 Å². The van der Waals surface area contributed by atoms with Crippen molar-refractivity contribution in [2.45, 2.75) is 39.3 Å². The molecule has 0 aromatic heterocycles. The normalized spacial score (nSPS) is 12.8. The van der Waals surface area contributed by atoms with E-state index < -0.39 is 11.7 Å². The van der Waals surface area contributed by atoms with Gasteiger partial charge in [0.1, 0.15) is 5.60 Å². The Labute approximate surface area is 144 Å². The molecule has 126 valence electrons. The molecule has 1 N–H and O–H groups in total. The highest BCUT2D eigenvalue weighted by Gasteiger charge is 2.19. The first kappa shape index (κ1) is 17.8. The van der Waals surface area contributed by atoms with E-state index in [9.17, 15) is 4.79 Å². The summed E-state index contributed by atoms with van der Waals surface area (Å²) in [5, 5.41) is 2.95. The molecule has 2 aromatic rings. The third kappa shape index (κ3) is 5.58. The zero-order valence-corrected chi connectivity index (χ0v) is 14.7. The van der Waals surface area contributed by atoms with Crippen LogP contribution in [0.2, 0.25) is 0 Å². The molecule has 0 spiro atoms. The molecule has 0 radical (unpaired) electrons. The van der Waals surface area contributed by atoms with Crippen molar-refractivity contribution in [3.8, 4) is 0 Å². The minimum atomic E-state index is -0.524. The van der Waals surface area contributed by atoms with E-state index in [2.05, 4.69) is 5.32 Å². The number of rotatable bonds is 4. The molecule has 2 rings (SSSR count). The van der Waals surface area contributed by atoms with Crippen molar-refractivity contribution in [1.82, 2.24) is 5.32 Å². The predicted octanol–water partition coefficient (Wildman–Crippen LogP) is 5.27. The lowest BCUT2D eigenvalue weighted by molar-refractivity contribution is 0.0514. The summed E-state index contributed by atoms with van der Waals surface area (Å²) in [5.74, 6) is 0. The number of carbonyl (C=O) groups excluding carboxylic acids is 1. The number of aryl methyl sites for hydroxylation is 1. The molecule has 0 unspecified atom stereocenters. The molecule has 0 heterocycles. The van der Waals surface area contributed by atoms with Gasteiger partial charge in [-0.05, 0) is 44.4 Å². The number of alkyl carbamates (subject to hydrolysis) is 1. The van der Waals surface area contributed by atoms with E-state index in [0.29, 0.717) is 0 Å². The maximum Gasteiger partial charge on any atom is 0.408 e. The van der Waals surface area contributed by atoms with Crippen LogP contribution in [-0.2, 0) is 4.74 Å². The van der Waals surface area contributed by atoms with Crippen LogP contribution in [0.15, 0.2) is 60.7 Å². The Morgan fingerprint density at radius 2 is 1.67 bits per heavy atom. The van der Waals surface area contributed by atoms with Crippen LogP contribution in [0.3, 0.4) is 0 Å². The molecule has 0 bridgehead atoms. The van der Waals surface area contributed by atoms with Crippen molar-refractivity contribution in [3.63, 3.8) is 0 Å². The van der Waals surface area contributed by atoms with Gasteiger partial charge in [-0.3, -0.25) is 0 Å². The lowest BCUT2D eigenvalue weighted by atomic mass is 10.0. The van der Waals surface area contributed by atoms with E-state index >= 15 is 0 Å². The Hall–Kier alpha value is -2.55. The Balaban J connectivity index is 2.23. The van der Waals surface area contributed by atoms with Gasteiger partial charge in [-0.2, -0.15) is 0 Å². The summed E-state index contributed by atoms with van der Waals surface area (Å²) in [4.78, 5) is 12.2. The number of carbonyl (C=O) groups is 1. The summed E-state index contributed by atoms with van der Waals surface area (Å²) >= 11 is 0. The van der Waals surface area contributed by atoms with Gasteiger partial charge in [-0.15, -0.1) is 0 Å². The fraction of sp³-hybridized carbons (Fsp3) is 0.286. The molecule has 0 aliphatic rings. The fourth-order valence-corrected chi connectivity index (χ4v) is 2.37. The predicted molar refractivity (Wildman–Crippen MR) is 98.8 cm³/mol.